The van der Waals surface area contributed by atoms with Gasteiger partial charge in [-0.1, -0.05) is 24.6 Å². The molecule has 1 aromatic carbocycles. The van der Waals surface area contributed by atoms with Crippen LogP contribution in [0.3, 0.4) is 0 Å². The molecule has 1 aliphatic carbocycles. The Morgan fingerprint density at radius 1 is 1.12 bits per heavy atom. The highest BCUT2D eigenvalue weighted by atomic mass is 35.5. The van der Waals surface area contributed by atoms with Gasteiger partial charge < -0.3 is 19.1 Å². The second-order valence-electron chi connectivity index (χ2n) is 9.72. The molecule has 2 heterocycles. The molecule has 0 atom stereocenters. The van der Waals surface area contributed by atoms with Gasteiger partial charge in [0.1, 0.15) is 5.69 Å². The maximum absolute atomic E-state index is 13.5. The molecule has 0 unspecified atom stereocenters. The Balaban J connectivity index is 1.53. The summed E-state index contributed by atoms with van der Waals surface area (Å²) in [4.78, 5) is 18.1. The average molecular weight is 491 g/mol. The van der Waals surface area contributed by atoms with Gasteiger partial charge in [-0.3, -0.25) is 9.69 Å². The topological polar surface area (TPSA) is 69.1 Å². The minimum absolute atomic E-state index is 0.157. The Morgan fingerprint density at radius 3 is 2.44 bits per heavy atom. The molecule has 4 rings (SSSR count). The lowest BCUT2D eigenvalue weighted by Gasteiger charge is -2.37. The van der Waals surface area contributed by atoms with Crippen LogP contribution in [0.1, 0.15) is 19.8 Å². The Hall–Kier alpha value is -2.13. The third-order valence-corrected chi connectivity index (χ3v) is 6.91. The summed E-state index contributed by atoms with van der Waals surface area (Å²) in [6.45, 7) is 8.37. The monoisotopic (exact) mass is 490 g/mol. The number of hydrogen-bond donors (Lipinski definition) is 0. The van der Waals surface area contributed by atoms with Crippen LogP contribution in [0.2, 0.25) is 5.02 Å². The molecule has 2 aromatic rings. The normalized spacial score (nSPS) is 17.9. The molecule has 1 saturated carbocycles. The van der Waals surface area contributed by atoms with Crippen LogP contribution in [0.4, 0.5) is 5.69 Å². The van der Waals surface area contributed by atoms with Gasteiger partial charge >= 0.3 is 5.56 Å². The van der Waals surface area contributed by atoms with Crippen LogP contribution < -0.4 is 15.2 Å². The van der Waals surface area contributed by atoms with Crippen LogP contribution in [0.25, 0.3) is 5.69 Å². The fourth-order valence-corrected chi connectivity index (χ4v) is 4.53. The summed E-state index contributed by atoms with van der Waals surface area (Å²) in [6, 6.07) is 7.14. The van der Waals surface area contributed by atoms with Crippen LogP contribution >= 0.6 is 11.6 Å². The lowest BCUT2D eigenvalue weighted by molar-refractivity contribution is 0.0604. The maximum Gasteiger partial charge on any atom is 0.316 e. The van der Waals surface area contributed by atoms with Gasteiger partial charge in [-0.05, 0) is 31.0 Å². The molecule has 0 N–H and O–H groups in total. The summed E-state index contributed by atoms with van der Waals surface area (Å²) in [5, 5.41) is 5.03. The Kier molecular flexibility index (Phi) is 8.14. The fourth-order valence-electron chi connectivity index (χ4n) is 4.35. The molecule has 1 aliphatic heterocycles. The van der Waals surface area contributed by atoms with E-state index >= 15 is 0 Å². The van der Waals surface area contributed by atoms with Gasteiger partial charge in [0.05, 0.1) is 31.7 Å². The number of methoxy groups -OCH3 is 2. The molecular weight excluding hydrogens is 456 g/mol. The van der Waals surface area contributed by atoms with Crippen molar-refractivity contribution in [2.45, 2.75) is 19.8 Å². The molecule has 2 aliphatic rings. The van der Waals surface area contributed by atoms with E-state index in [-0.39, 0.29) is 11.0 Å². The van der Waals surface area contributed by atoms with Crippen molar-refractivity contribution in [2.24, 2.45) is 11.3 Å². The number of anilines is 1. The summed E-state index contributed by atoms with van der Waals surface area (Å²) in [5.74, 6) is 0.705. The van der Waals surface area contributed by atoms with Crippen LogP contribution in [-0.4, -0.2) is 81.4 Å². The van der Waals surface area contributed by atoms with E-state index in [1.807, 2.05) is 12.1 Å². The smallest absolute Gasteiger partial charge is 0.316 e. The first-order valence-corrected chi connectivity index (χ1v) is 12.3. The zero-order chi connectivity index (χ0) is 24.1. The third kappa shape index (κ3) is 6.10. The largest absolute Gasteiger partial charge is 0.486 e. The number of halogens is 1. The van der Waals surface area contributed by atoms with Crippen molar-refractivity contribution in [3.63, 3.8) is 0 Å². The molecule has 0 spiro atoms. The van der Waals surface area contributed by atoms with Crippen LogP contribution in [0, 0.1) is 11.3 Å². The number of benzene rings is 1. The zero-order valence-electron chi connectivity index (χ0n) is 20.3. The van der Waals surface area contributed by atoms with Crippen molar-refractivity contribution >= 4 is 17.3 Å². The van der Waals surface area contributed by atoms with E-state index in [1.165, 1.54) is 4.68 Å². The summed E-state index contributed by atoms with van der Waals surface area (Å²) in [5.41, 5.74) is 1.28. The molecule has 8 nitrogen and oxygen atoms in total. The molecule has 2 fully saturated rings. The standard InChI is InChI=1S/C25H35ClN4O4/c1-25(7-8-25)18-34-23-22(14-27-30(24(23)31)21-6-4-5-20(26)13-21)29-11-9-28(10-12-29)15-19(16-32-2)17-33-3/h4-6,13-14,19H,7-12,15-18H2,1-3H3. The number of hydrogen-bond acceptors (Lipinski definition) is 7. The third-order valence-electron chi connectivity index (χ3n) is 6.67. The quantitative estimate of drug-likeness (QED) is 0.479. The van der Waals surface area contributed by atoms with E-state index in [0.29, 0.717) is 42.2 Å². The molecule has 1 saturated heterocycles. The minimum Gasteiger partial charge on any atom is -0.486 e. The summed E-state index contributed by atoms with van der Waals surface area (Å²) in [7, 11) is 3.45. The first-order chi connectivity index (χ1) is 16.4. The highest BCUT2D eigenvalue weighted by molar-refractivity contribution is 6.30. The second-order valence-corrected chi connectivity index (χ2v) is 10.2. The van der Waals surface area contributed by atoms with Gasteiger partial charge in [0.25, 0.3) is 0 Å². The summed E-state index contributed by atoms with van der Waals surface area (Å²) in [6.07, 6.45) is 4.00. The zero-order valence-corrected chi connectivity index (χ0v) is 21.1. The van der Waals surface area contributed by atoms with E-state index in [1.54, 1.807) is 32.5 Å². The molecule has 0 bridgehead atoms. The average Bonchev–Trinajstić information content (AvgIpc) is 3.56. The predicted molar refractivity (Wildman–Crippen MR) is 134 cm³/mol. The Morgan fingerprint density at radius 2 is 1.82 bits per heavy atom. The van der Waals surface area contributed by atoms with Gasteiger partial charge in [0.15, 0.2) is 0 Å². The van der Waals surface area contributed by atoms with E-state index in [2.05, 4.69) is 21.8 Å². The van der Waals surface area contributed by atoms with Gasteiger partial charge in [-0.15, -0.1) is 0 Å². The molecular formula is C25H35ClN4O4. The fraction of sp³-hybridized carbons (Fsp3) is 0.600. The van der Waals surface area contributed by atoms with E-state index in [9.17, 15) is 4.79 Å². The van der Waals surface area contributed by atoms with Crippen LogP contribution in [-0.2, 0) is 9.47 Å². The van der Waals surface area contributed by atoms with Gasteiger partial charge in [-0.25, -0.2) is 0 Å². The van der Waals surface area contributed by atoms with Crippen LogP contribution in [0.15, 0.2) is 35.3 Å². The van der Waals surface area contributed by atoms with E-state index < -0.39 is 0 Å². The number of aromatic nitrogens is 2. The van der Waals surface area contributed by atoms with Gasteiger partial charge in [0, 0.05) is 63.3 Å². The molecule has 1 aromatic heterocycles. The molecule has 34 heavy (non-hydrogen) atoms. The molecule has 9 heteroatoms. The maximum atomic E-state index is 13.5. The first kappa shape index (κ1) is 25.0. The number of rotatable bonds is 11. The van der Waals surface area contributed by atoms with Crippen molar-refractivity contribution in [3.8, 4) is 11.4 Å². The van der Waals surface area contributed by atoms with E-state index in [4.69, 9.17) is 25.8 Å². The molecule has 186 valence electrons. The number of nitrogens with zero attached hydrogens (tertiary/aromatic N) is 4. The highest BCUT2D eigenvalue weighted by Gasteiger charge is 2.39. The molecule has 0 amide bonds. The Labute approximate surface area is 206 Å². The SMILES string of the molecule is COCC(COC)CN1CCN(c2cnn(-c3cccc(Cl)c3)c(=O)c2OCC2(C)CC2)CC1. The number of ether oxygens (including phenoxy) is 3. The second kappa shape index (κ2) is 11.1. The van der Waals surface area contributed by atoms with Crippen molar-refractivity contribution in [1.29, 1.82) is 0 Å². The molecule has 0 radical (unpaired) electrons. The lowest BCUT2D eigenvalue weighted by Crippen LogP contribution is -2.49. The Bertz CT molecular complexity index is 1010. The summed E-state index contributed by atoms with van der Waals surface area (Å²) < 4.78 is 18.3. The predicted octanol–water partition coefficient (Wildman–Crippen LogP) is 3.10. The van der Waals surface area contributed by atoms with Gasteiger partial charge in [-0.2, -0.15) is 9.78 Å². The lowest BCUT2D eigenvalue weighted by atomic mass is 10.1. The van der Waals surface area contributed by atoms with E-state index in [0.717, 1.165) is 51.3 Å². The van der Waals surface area contributed by atoms with Crippen LogP contribution in [0.5, 0.6) is 5.75 Å². The summed E-state index contributed by atoms with van der Waals surface area (Å²) >= 11 is 6.16. The van der Waals surface area contributed by atoms with Crippen molar-refractivity contribution < 1.29 is 14.2 Å². The van der Waals surface area contributed by atoms with Crippen molar-refractivity contribution in [1.82, 2.24) is 14.7 Å². The van der Waals surface area contributed by atoms with Crippen molar-refractivity contribution in [3.05, 3.63) is 45.8 Å². The highest BCUT2D eigenvalue weighted by Crippen LogP contribution is 2.45. The number of piperazine rings is 1. The van der Waals surface area contributed by atoms with Gasteiger partial charge in [0.2, 0.25) is 5.75 Å². The van der Waals surface area contributed by atoms with Crippen molar-refractivity contribution in [2.75, 3.05) is 71.7 Å². The minimum atomic E-state index is -0.258. The first-order valence-electron chi connectivity index (χ1n) is 11.9.